The highest BCUT2D eigenvalue weighted by atomic mass is 16.6. The Morgan fingerprint density at radius 1 is 1.33 bits per heavy atom. The molecule has 0 unspecified atom stereocenters. The van der Waals surface area contributed by atoms with Gasteiger partial charge in [-0.2, -0.15) is 0 Å². The van der Waals surface area contributed by atoms with Crippen LogP contribution in [0.3, 0.4) is 0 Å². The first kappa shape index (κ1) is 10.5. The molecule has 1 spiro atoms. The molecule has 4 heteroatoms. The molecule has 4 nitrogen and oxygen atoms in total. The molecule has 0 aromatic carbocycles. The minimum atomic E-state index is -0.962. The number of oxime groups is 1. The molecule has 2 aliphatic rings. The van der Waals surface area contributed by atoms with E-state index in [0.29, 0.717) is 0 Å². The third kappa shape index (κ3) is 2.13. The third-order valence-electron chi connectivity index (χ3n) is 3.63. The summed E-state index contributed by atoms with van der Waals surface area (Å²) < 4.78 is 0. The van der Waals surface area contributed by atoms with Crippen molar-refractivity contribution in [3.05, 3.63) is 0 Å². The smallest absolute Gasteiger partial charge is 0.344 e. The lowest BCUT2D eigenvalue weighted by Crippen LogP contribution is -2.42. The van der Waals surface area contributed by atoms with Crippen LogP contribution in [0.15, 0.2) is 5.16 Å². The van der Waals surface area contributed by atoms with Crippen molar-refractivity contribution < 1.29 is 14.7 Å². The summed E-state index contributed by atoms with van der Waals surface area (Å²) >= 11 is 0. The molecule has 1 N–H and O–H groups in total. The minimum Gasteiger partial charge on any atom is -0.479 e. The van der Waals surface area contributed by atoms with Crippen LogP contribution in [0.5, 0.6) is 0 Å². The summed E-state index contributed by atoms with van der Waals surface area (Å²) in [7, 11) is 0. The van der Waals surface area contributed by atoms with E-state index in [1.807, 2.05) is 0 Å². The van der Waals surface area contributed by atoms with Gasteiger partial charge in [-0.3, -0.25) is 0 Å². The third-order valence-corrected chi connectivity index (χ3v) is 3.63. The lowest BCUT2D eigenvalue weighted by Gasteiger charge is -2.45. The van der Waals surface area contributed by atoms with Crippen molar-refractivity contribution >= 4 is 11.7 Å². The summed E-state index contributed by atoms with van der Waals surface area (Å²) in [6.07, 6.45) is 8.49. The second-order valence-electron chi connectivity index (χ2n) is 4.55. The van der Waals surface area contributed by atoms with Crippen LogP contribution in [0.4, 0.5) is 0 Å². The summed E-state index contributed by atoms with van der Waals surface area (Å²) in [6, 6.07) is 0. The quantitative estimate of drug-likeness (QED) is 0.728. The van der Waals surface area contributed by atoms with Gasteiger partial charge in [0.25, 0.3) is 0 Å². The molecule has 2 rings (SSSR count). The molecule has 0 atom stereocenters. The number of carboxylic acids is 1. The Morgan fingerprint density at radius 2 is 2.07 bits per heavy atom. The number of hydrogen-bond acceptors (Lipinski definition) is 3. The lowest BCUT2D eigenvalue weighted by atomic mass is 9.59. The van der Waals surface area contributed by atoms with E-state index in [9.17, 15) is 4.79 Å². The lowest BCUT2D eigenvalue weighted by molar-refractivity contribution is -0.142. The van der Waals surface area contributed by atoms with Gasteiger partial charge in [0.2, 0.25) is 6.61 Å². The molecular weight excluding hydrogens is 194 g/mol. The van der Waals surface area contributed by atoms with E-state index in [2.05, 4.69) is 5.16 Å². The highest BCUT2D eigenvalue weighted by molar-refractivity contribution is 5.95. The summed E-state index contributed by atoms with van der Waals surface area (Å²) in [5, 5.41) is 12.4. The molecule has 2 fully saturated rings. The Kier molecular flexibility index (Phi) is 2.93. The zero-order valence-corrected chi connectivity index (χ0v) is 8.87. The maximum Gasteiger partial charge on any atom is 0.344 e. The number of carboxylic acid groups (broad SMARTS) is 1. The maximum absolute atomic E-state index is 10.3. The van der Waals surface area contributed by atoms with Crippen molar-refractivity contribution in [2.45, 2.75) is 44.9 Å². The molecule has 15 heavy (non-hydrogen) atoms. The fourth-order valence-electron chi connectivity index (χ4n) is 2.67. The predicted molar refractivity (Wildman–Crippen MR) is 55.8 cm³/mol. The van der Waals surface area contributed by atoms with Crippen LogP contribution in [0.1, 0.15) is 44.9 Å². The van der Waals surface area contributed by atoms with Gasteiger partial charge in [0.15, 0.2) is 0 Å². The van der Waals surface area contributed by atoms with E-state index < -0.39 is 5.97 Å². The Balaban J connectivity index is 1.89. The van der Waals surface area contributed by atoms with Crippen molar-refractivity contribution in [3.8, 4) is 0 Å². The van der Waals surface area contributed by atoms with Gasteiger partial charge >= 0.3 is 5.97 Å². The number of aliphatic carboxylic acids is 1. The highest BCUT2D eigenvalue weighted by Gasteiger charge is 2.44. The summed E-state index contributed by atoms with van der Waals surface area (Å²) in [5.41, 5.74) is 1.39. The average molecular weight is 211 g/mol. The Morgan fingerprint density at radius 3 is 2.60 bits per heavy atom. The van der Waals surface area contributed by atoms with Crippen LogP contribution < -0.4 is 0 Å². The largest absolute Gasteiger partial charge is 0.479 e. The van der Waals surface area contributed by atoms with E-state index in [-0.39, 0.29) is 12.0 Å². The molecule has 0 saturated heterocycles. The van der Waals surface area contributed by atoms with Gasteiger partial charge in [0, 0.05) is 5.41 Å². The maximum atomic E-state index is 10.3. The van der Waals surface area contributed by atoms with Crippen LogP contribution >= 0.6 is 0 Å². The zero-order chi connectivity index (χ0) is 10.7. The van der Waals surface area contributed by atoms with Gasteiger partial charge in [-0.25, -0.2) is 4.79 Å². The van der Waals surface area contributed by atoms with Crippen LogP contribution in [-0.2, 0) is 9.63 Å². The number of hydrogen-bond donors (Lipinski definition) is 1. The fourth-order valence-corrected chi connectivity index (χ4v) is 2.67. The van der Waals surface area contributed by atoms with Crippen molar-refractivity contribution in [2.75, 3.05) is 6.61 Å². The molecule has 2 saturated carbocycles. The van der Waals surface area contributed by atoms with Gasteiger partial charge in [0.05, 0.1) is 5.71 Å². The van der Waals surface area contributed by atoms with E-state index in [4.69, 9.17) is 9.94 Å². The molecule has 2 aliphatic carbocycles. The van der Waals surface area contributed by atoms with E-state index in [1.54, 1.807) is 0 Å². The molecule has 0 bridgehead atoms. The number of carbonyl (C=O) groups is 1. The Bertz CT molecular complexity index is 280. The van der Waals surface area contributed by atoms with E-state index in [0.717, 1.165) is 12.1 Å². The first-order valence-electron chi connectivity index (χ1n) is 5.64. The summed E-state index contributed by atoms with van der Waals surface area (Å²) in [6.45, 7) is -0.320. The van der Waals surface area contributed by atoms with Crippen molar-refractivity contribution in [2.24, 2.45) is 10.6 Å². The molecular formula is C11H17NO3. The van der Waals surface area contributed by atoms with Crippen molar-refractivity contribution in [3.63, 3.8) is 0 Å². The van der Waals surface area contributed by atoms with Crippen LogP contribution in [-0.4, -0.2) is 23.4 Å². The number of rotatable bonds is 3. The average Bonchev–Trinajstić information content (AvgIpc) is 2.24. The fraction of sp³-hybridized carbons (Fsp3) is 0.818. The van der Waals surface area contributed by atoms with Gasteiger partial charge in [-0.05, 0) is 25.7 Å². The predicted octanol–water partition coefficient (Wildman–Crippen LogP) is 2.19. The van der Waals surface area contributed by atoms with Gasteiger partial charge in [-0.1, -0.05) is 24.4 Å². The van der Waals surface area contributed by atoms with Gasteiger partial charge < -0.3 is 9.94 Å². The van der Waals surface area contributed by atoms with Crippen molar-refractivity contribution in [1.82, 2.24) is 0 Å². The first-order chi connectivity index (χ1) is 7.23. The Hall–Kier alpha value is -1.06. The van der Waals surface area contributed by atoms with Crippen LogP contribution in [0.2, 0.25) is 0 Å². The topological polar surface area (TPSA) is 58.9 Å². The zero-order valence-electron chi connectivity index (χ0n) is 8.87. The molecule has 0 heterocycles. The Labute approximate surface area is 89.3 Å². The molecule has 0 radical (unpaired) electrons. The minimum absolute atomic E-state index is 0.288. The molecule has 0 aliphatic heterocycles. The van der Waals surface area contributed by atoms with Gasteiger partial charge in [-0.15, -0.1) is 0 Å². The highest BCUT2D eigenvalue weighted by Crippen LogP contribution is 2.49. The van der Waals surface area contributed by atoms with Gasteiger partial charge in [0.1, 0.15) is 0 Å². The molecule has 0 amide bonds. The molecule has 0 aromatic heterocycles. The van der Waals surface area contributed by atoms with Crippen LogP contribution in [0.25, 0.3) is 0 Å². The van der Waals surface area contributed by atoms with Crippen LogP contribution in [0, 0.1) is 5.41 Å². The number of nitrogens with zero attached hydrogens (tertiary/aromatic N) is 1. The molecule has 0 aromatic rings. The second-order valence-corrected chi connectivity index (χ2v) is 4.55. The monoisotopic (exact) mass is 211 g/mol. The van der Waals surface area contributed by atoms with E-state index >= 15 is 0 Å². The SMILES string of the molecule is O=C(O)CO/N=C1\CCC12CCCCC2. The molecule has 84 valence electrons. The van der Waals surface area contributed by atoms with Crippen molar-refractivity contribution in [1.29, 1.82) is 0 Å². The summed E-state index contributed by atoms with van der Waals surface area (Å²) in [5.74, 6) is -0.962. The first-order valence-corrected chi connectivity index (χ1v) is 5.64. The summed E-state index contributed by atoms with van der Waals surface area (Å²) in [4.78, 5) is 15.1. The second kappa shape index (κ2) is 4.21. The normalized spacial score (nSPS) is 26.3. The van der Waals surface area contributed by atoms with E-state index in [1.165, 1.54) is 38.5 Å². The standard InChI is InChI=1S/C11H17NO3/c13-10(14)8-15-12-9-4-7-11(9)5-2-1-3-6-11/h1-8H2,(H,13,14)/b12-9+.